The van der Waals surface area contributed by atoms with Crippen molar-refractivity contribution in [2.75, 3.05) is 0 Å². The molecule has 1 aromatic carbocycles. The summed E-state index contributed by atoms with van der Waals surface area (Å²) in [5.74, 6) is -3.89. The van der Waals surface area contributed by atoms with Gasteiger partial charge in [0.05, 0.1) is 10.6 Å². The Labute approximate surface area is 156 Å². The van der Waals surface area contributed by atoms with Crippen LogP contribution in [-0.4, -0.2) is 22.2 Å². The van der Waals surface area contributed by atoms with E-state index < -0.39 is 23.7 Å². The van der Waals surface area contributed by atoms with E-state index in [1.807, 2.05) is 0 Å². The Bertz CT molecular complexity index is 915. The number of fused-ring (bicyclic) bond motifs is 1. The molecule has 2 aromatic rings. The largest absolute Gasteiger partial charge is 0.463 e. The topological polar surface area (TPSA) is 34.5 Å². The van der Waals surface area contributed by atoms with Crippen molar-refractivity contribution in [2.45, 2.75) is 43.6 Å². The SMILES string of the molecule is Cc1cc(C2=NC(C)(C)Oc3c2ccc(SC(F)F)c3F)cnc1C(F)F. The Morgan fingerprint density at radius 1 is 1.15 bits per heavy atom. The normalized spacial score (nSPS) is 15.6. The van der Waals surface area contributed by atoms with Crippen LogP contribution in [0.2, 0.25) is 0 Å². The molecule has 0 spiro atoms. The van der Waals surface area contributed by atoms with Gasteiger partial charge in [0.1, 0.15) is 5.69 Å². The average molecular weight is 402 g/mol. The molecule has 27 heavy (non-hydrogen) atoms. The molecule has 0 N–H and O–H groups in total. The number of hydrogen-bond acceptors (Lipinski definition) is 4. The molecule has 2 heterocycles. The number of aryl methyl sites for hydroxylation is 1. The van der Waals surface area contributed by atoms with Crippen molar-refractivity contribution in [1.29, 1.82) is 0 Å². The van der Waals surface area contributed by atoms with Crippen molar-refractivity contribution in [1.82, 2.24) is 4.98 Å². The number of hydrogen-bond donors (Lipinski definition) is 0. The second-order valence-corrected chi connectivity index (χ2v) is 7.40. The molecule has 0 aliphatic carbocycles. The summed E-state index contributed by atoms with van der Waals surface area (Å²) in [7, 11) is 0. The molecule has 1 aliphatic heterocycles. The molecule has 0 fully saturated rings. The summed E-state index contributed by atoms with van der Waals surface area (Å²) in [4.78, 5) is 7.96. The Hall–Kier alpha value is -2.16. The van der Waals surface area contributed by atoms with Gasteiger partial charge in [-0.2, -0.15) is 8.78 Å². The van der Waals surface area contributed by atoms with Crippen LogP contribution in [0, 0.1) is 12.7 Å². The quantitative estimate of drug-likeness (QED) is 0.483. The first-order valence-corrected chi connectivity index (χ1v) is 8.78. The minimum Gasteiger partial charge on any atom is -0.463 e. The fourth-order valence-electron chi connectivity index (χ4n) is 2.78. The van der Waals surface area contributed by atoms with Crippen LogP contribution in [0.5, 0.6) is 5.75 Å². The molecule has 0 amide bonds. The van der Waals surface area contributed by atoms with E-state index in [0.717, 1.165) is 0 Å². The van der Waals surface area contributed by atoms with Crippen molar-refractivity contribution >= 4 is 17.5 Å². The van der Waals surface area contributed by atoms with E-state index in [0.29, 0.717) is 11.3 Å². The van der Waals surface area contributed by atoms with Gasteiger partial charge in [0.25, 0.3) is 12.2 Å². The van der Waals surface area contributed by atoms with Crippen LogP contribution in [0.25, 0.3) is 0 Å². The second-order valence-electron chi connectivity index (χ2n) is 6.37. The van der Waals surface area contributed by atoms with Gasteiger partial charge in [-0.25, -0.2) is 18.2 Å². The van der Waals surface area contributed by atoms with Crippen LogP contribution in [0.15, 0.2) is 34.3 Å². The molecule has 0 unspecified atom stereocenters. The highest BCUT2D eigenvalue weighted by Crippen LogP contribution is 2.40. The number of thioether (sulfide) groups is 1. The Morgan fingerprint density at radius 2 is 1.85 bits per heavy atom. The average Bonchev–Trinajstić information content (AvgIpc) is 2.56. The van der Waals surface area contributed by atoms with Crippen LogP contribution in [-0.2, 0) is 0 Å². The number of aliphatic imine (C=N–C) groups is 1. The highest BCUT2D eigenvalue weighted by molar-refractivity contribution is 7.99. The van der Waals surface area contributed by atoms with Gasteiger partial charge in [-0.05, 0) is 44.5 Å². The van der Waals surface area contributed by atoms with Gasteiger partial charge < -0.3 is 4.74 Å². The highest BCUT2D eigenvalue weighted by atomic mass is 32.2. The lowest BCUT2D eigenvalue weighted by molar-refractivity contribution is 0.108. The van der Waals surface area contributed by atoms with Gasteiger partial charge in [0, 0.05) is 17.3 Å². The van der Waals surface area contributed by atoms with Crippen LogP contribution in [0.4, 0.5) is 22.0 Å². The van der Waals surface area contributed by atoms with Crippen LogP contribution >= 0.6 is 11.8 Å². The Kier molecular flexibility index (Phi) is 5.16. The number of alkyl halides is 4. The van der Waals surface area contributed by atoms with Gasteiger partial charge in [-0.3, -0.25) is 4.98 Å². The molecule has 0 saturated carbocycles. The number of rotatable bonds is 4. The van der Waals surface area contributed by atoms with Crippen molar-refractivity contribution in [3.05, 3.63) is 52.6 Å². The molecule has 0 saturated heterocycles. The van der Waals surface area contributed by atoms with Gasteiger partial charge in [-0.15, -0.1) is 0 Å². The van der Waals surface area contributed by atoms with Crippen LogP contribution in [0.1, 0.15) is 42.7 Å². The van der Waals surface area contributed by atoms with E-state index in [9.17, 15) is 22.0 Å². The third-order valence-electron chi connectivity index (χ3n) is 3.86. The standard InChI is InChI=1S/C18H15F5N2OS/c1-8-6-9(7-24-13(8)16(20)21)14-10-4-5-11(27-17(22)23)12(19)15(10)26-18(2,3)25-14/h4-7,16-17H,1-3H3. The first-order valence-electron chi connectivity index (χ1n) is 7.90. The molecule has 0 radical (unpaired) electrons. The molecule has 1 aromatic heterocycles. The number of benzene rings is 1. The number of halogens is 5. The van der Waals surface area contributed by atoms with Gasteiger partial charge in [-0.1, -0.05) is 11.8 Å². The van der Waals surface area contributed by atoms with E-state index in [1.54, 1.807) is 13.8 Å². The van der Waals surface area contributed by atoms with Crippen molar-refractivity contribution < 1.29 is 26.7 Å². The molecule has 144 valence electrons. The van der Waals surface area contributed by atoms with E-state index in [1.165, 1.54) is 31.3 Å². The lowest BCUT2D eigenvalue weighted by Gasteiger charge is -2.31. The summed E-state index contributed by atoms with van der Waals surface area (Å²) >= 11 is 0.0788. The molecule has 3 nitrogen and oxygen atoms in total. The van der Waals surface area contributed by atoms with Crippen molar-refractivity contribution in [3.63, 3.8) is 0 Å². The van der Waals surface area contributed by atoms with E-state index in [2.05, 4.69) is 9.98 Å². The Morgan fingerprint density at radius 3 is 2.44 bits per heavy atom. The zero-order valence-corrected chi connectivity index (χ0v) is 15.4. The summed E-state index contributed by atoms with van der Waals surface area (Å²) < 4.78 is 71.5. The first kappa shape index (κ1) is 19.6. The molecule has 0 bridgehead atoms. The van der Waals surface area contributed by atoms with Crippen LogP contribution < -0.4 is 4.74 Å². The summed E-state index contributed by atoms with van der Waals surface area (Å²) in [6.45, 7) is 4.65. The number of pyridine rings is 1. The van der Waals surface area contributed by atoms with E-state index in [4.69, 9.17) is 4.74 Å². The zero-order valence-electron chi connectivity index (χ0n) is 14.6. The minimum absolute atomic E-state index is 0.0788. The lowest BCUT2D eigenvalue weighted by Crippen LogP contribution is -2.33. The molecular formula is C18H15F5N2OS. The van der Waals surface area contributed by atoms with Gasteiger partial charge in [0.15, 0.2) is 17.3 Å². The summed E-state index contributed by atoms with van der Waals surface area (Å²) in [6.07, 6.45) is -1.48. The third-order valence-corrected chi connectivity index (χ3v) is 4.61. The summed E-state index contributed by atoms with van der Waals surface area (Å²) in [5.41, 5.74) is -0.306. The molecular weight excluding hydrogens is 387 g/mol. The maximum absolute atomic E-state index is 14.7. The van der Waals surface area contributed by atoms with E-state index >= 15 is 0 Å². The number of aromatic nitrogens is 1. The first-order chi connectivity index (χ1) is 12.6. The predicted octanol–water partition coefficient (Wildman–Crippen LogP) is 5.75. The van der Waals surface area contributed by atoms with E-state index in [-0.39, 0.29) is 39.2 Å². The lowest BCUT2D eigenvalue weighted by atomic mass is 9.98. The summed E-state index contributed by atoms with van der Waals surface area (Å²) in [5, 5.41) is 0. The van der Waals surface area contributed by atoms with Crippen molar-refractivity contribution in [2.24, 2.45) is 4.99 Å². The number of ether oxygens (including phenoxy) is 1. The molecule has 3 rings (SSSR count). The summed E-state index contributed by atoms with van der Waals surface area (Å²) in [6, 6.07) is 4.13. The van der Waals surface area contributed by atoms with Crippen molar-refractivity contribution in [3.8, 4) is 5.75 Å². The molecule has 1 aliphatic rings. The molecule has 9 heteroatoms. The van der Waals surface area contributed by atoms with Gasteiger partial charge in [0.2, 0.25) is 0 Å². The second kappa shape index (κ2) is 7.10. The third kappa shape index (κ3) is 3.92. The fraction of sp³-hybridized carbons (Fsp3) is 0.333. The Balaban J connectivity index is 2.14. The highest BCUT2D eigenvalue weighted by Gasteiger charge is 2.33. The maximum Gasteiger partial charge on any atom is 0.289 e. The fourth-order valence-corrected chi connectivity index (χ4v) is 3.31. The maximum atomic E-state index is 14.7. The van der Waals surface area contributed by atoms with Crippen LogP contribution in [0.3, 0.4) is 0 Å². The molecule has 0 atom stereocenters. The number of nitrogens with zero attached hydrogens (tertiary/aromatic N) is 2. The predicted molar refractivity (Wildman–Crippen MR) is 92.5 cm³/mol. The zero-order chi connectivity index (χ0) is 19.9. The monoisotopic (exact) mass is 402 g/mol. The van der Waals surface area contributed by atoms with Gasteiger partial charge >= 0.3 is 0 Å². The smallest absolute Gasteiger partial charge is 0.289 e. The minimum atomic E-state index is -2.78.